The maximum atomic E-state index is 12.8. The van der Waals surface area contributed by atoms with Gasteiger partial charge in [0.15, 0.2) is 6.10 Å². The summed E-state index contributed by atoms with van der Waals surface area (Å²) in [4.78, 5) is 38.0. The van der Waals surface area contributed by atoms with Gasteiger partial charge in [0.05, 0.1) is 0 Å². The number of rotatable bonds is 52. The van der Waals surface area contributed by atoms with Crippen molar-refractivity contribution >= 4 is 17.9 Å². The molecule has 68 heavy (non-hydrogen) atoms. The van der Waals surface area contributed by atoms with Crippen LogP contribution in [0.3, 0.4) is 0 Å². The minimum absolute atomic E-state index is 0.0848. The highest BCUT2D eigenvalue weighted by Gasteiger charge is 2.19. The molecule has 0 aromatic carbocycles. The molecule has 6 heteroatoms. The van der Waals surface area contributed by atoms with E-state index in [4.69, 9.17) is 14.2 Å². The summed E-state index contributed by atoms with van der Waals surface area (Å²) >= 11 is 0. The fourth-order valence-corrected chi connectivity index (χ4v) is 8.08. The first-order valence-corrected chi connectivity index (χ1v) is 28.9. The number of unbranched alkanes of at least 4 members (excludes halogenated alkanes) is 29. The molecule has 0 saturated carbocycles. The number of allylic oxidation sites excluding steroid dienone is 12. The predicted molar refractivity (Wildman–Crippen MR) is 293 cm³/mol. The summed E-state index contributed by atoms with van der Waals surface area (Å²) in [5.41, 5.74) is 0. The van der Waals surface area contributed by atoms with E-state index in [1.165, 1.54) is 128 Å². The van der Waals surface area contributed by atoms with Crippen LogP contribution in [0.4, 0.5) is 0 Å². The van der Waals surface area contributed by atoms with Crippen LogP contribution in [0.1, 0.15) is 284 Å². The predicted octanol–water partition coefficient (Wildman–Crippen LogP) is 19.4. The zero-order valence-electron chi connectivity index (χ0n) is 44.9. The third-order valence-corrected chi connectivity index (χ3v) is 12.4. The Kier molecular flexibility index (Phi) is 53.8. The molecule has 1 atom stereocenters. The zero-order valence-corrected chi connectivity index (χ0v) is 44.9. The average molecular weight is 950 g/mol. The molecule has 0 aliphatic rings. The molecule has 0 aliphatic heterocycles. The van der Waals surface area contributed by atoms with Gasteiger partial charge in [0.2, 0.25) is 0 Å². The summed E-state index contributed by atoms with van der Waals surface area (Å²) in [5.74, 6) is -0.908. The van der Waals surface area contributed by atoms with Crippen LogP contribution in [0.15, 0.2) is 72.9 Å². The Balaban J connectivity index is 4.23. The molecule has 0 aliphatic carbocycles. The molecule has 392 valence electrons. The minimum Gasteiger partial charge on any atom is -0.462 e. The van der Waals surface area contributed by atoms with Gasteiger partial charge in [0.1, 0.15) is 13.2 Å². The van der Waals surface area contributed by atoms with Crippen LogP contribution in [0, 0.1) is 0 Å². The van der Waals surface area contributed by atoms with Crippen molar-refractivity contribution in [3.63, 3.8) is 0 Å². The summed E-state index contributed by atoms with van der Waals surface area (Å²) in [6.07, 6.45) is 71.9. The van der Waals surface area contributed by atoms with E-state index in [0.717, 1.165) is 116 Å². The lowest BCUT2D eigenvalue weighted by atomic mass is 10.0. The minimum atomic E-state index is -0.787. The summed E-state index contributed by atoms with van der Waals surface area (Å²) < 4.78 is 16.8. The highest BCUT2D eigenvalue weighted by atomic mass is 16.6. The third-order valence-electron chi connectivity index (χ3n) is 12.4. The summed E-state index contributed by atoms with van der Waals surface area (Å²) in [5, 5.41) is 0. The van der Waals surface area contributed by atoms with Crippen molar-refractivity contribution in [2.24, 2.45) is 0 Å². The molecule has 6 nitrogen and oxygen atoms in total. The van der Waals surface area contributed by atoms with Crippen molar-refractivity contribution in [3.05, 3.63) is 72.9 Å². The Bertz CT molecular complexity index is 1270. The number of carbonyl (C=O) groups is 3. The molecular weight excluding hydrogens is 841 g/mol. The molecule has 0 aromatic rings. The molecule has 0 aromatic heterocycles. The Morgan fingerprint density at radius 2 is 0.603 bits per heavy atom. The van der Waals surface area contributed by atoms with Crippen molar-refractivity contribution in [2.75, 3.05) is 13.2 Å². The molecular formula is C62H108O6. The largest absolute Gasteiger partial charge is 0.462 e. The van der Waals surface area contributed by atoms with Gasteiger partial charge in [-0.1, -0.05) is 235 Å². The van der Waals surface area contributed by atoms with Crippen molar-refractivity contribution in [2.45, 2.75) is 290 Å². The Hall–Kier alpha value is -3.15. The van der Waals surface area contributed by atoms with Crippen LogP contribution >= 0.6 is 0 Å². The van der Waals surface area contributed by atoms with Gasteiger partial charge in [0, 0.05) is 19.3 Å². The second-order valence-electron chi connectivity index (χ2n) is 19.2. The molecule has 0 rings (SSSR count). The van der Waals surface area contributed by atoms with Crippen LogP contribution in [0.25, 0.3) is 0 Å². The quantitative estimate of drug-likeness (QED) is 0.0262. The maximum Gasteiger partial charge on any atom is 0.306 e. The number of ether oxygens (including phenoxy) is 3. The molecule has 0 spiro atoms. The van der Waals surface area contributed by atoms with E-state index in [9.17, 15) is 14.4 Å². The summed E-state index contributed by atoms with van der Waals surface area (Å²) in [6, 6.07) is 0. The lowest BCUT2D eigenvalue weighted by molar-refractivity contribution is -0.167. The zero-order chi connectivity index (χ0) is 49.3. The van der Waals surface area contributed by atoms with Crippen molar-refractivity contribution < 1.29 is 28.6 Å². The smallest absolute Gasteiger partial charge is 0.306 e. The lowest BCUT2D eigenvalue weighted by Crippen LogP contribution is -2.30. The van der Waals surface area contributed by atoms with E-state index < -0.39 is 6.10 Å². The molecule has 0 bridgehead atoms. The first kappa shape index (κ1) is 64.8. The van der Waals surface area contributed by atoms with E-state index in [2.05, 4.69) is 93.7 Å². The molecule has 0 saturated heterocycles. The molecule has 0 amide bonds. The second kappa shape index (κ2) is 56.4. The van der Waals surface area contributed by atoms with E-state index in [0.29, 0.717) is 19.3 Å². The molecule has 1 unspecified atom stereocenters. The number of esters is 3. The van der Waals surface area contributed by atoms with Gasteiger partial charge in [-0.3, -0.25) is 14.4 Å². The van der Waals surface area contributed by atoms with Crippen molar-refractivity contribution in [1.29, 1.82) is 0 Å². The van der Waals surface area contributed by atoms with E-state index >= 15 is 0 Å². The van der Waals surface area contributed by atoms with Crippen LogP contribution in [-0.2, 0) is 28.6 Å². The normalized spacial score (nSPS) is 12.6. The standard InChI is InChI=1S/C62H108O6/c1-4-7-10-13-16-19-22-24-26-27-28-29-30-31-32-33-34-35-37-38-40-43-46-49-52-55-61(64)67-58-59(57-66-60(63)54-51-48-45-42-21-18-15-12-9-6-3)68-62(65)56-53-50-47-44-41-39-36-25-23-20-17-14-11-8-5-2/h8,11-12,15,17,20,22,24-25,27-28,36,59H,4-7,9-10,13-14,16,18-19,21,23,26,29-35,37-58H2,1-3H3/b11-8-,15-12-,20-17-,24-22-,28-27-,36-25-. The fourth-order valence-electron chi connectivity index (χ4n) is 8.08. The van der Waals surface area contributed by atoms with Crippen molar-refractivity contribution in [3.8, 4) is 0 Å². The topological polar surface area (TPSA) is 78.9 Å². The van der Waals surface area contributed by atoms with Gasteiger partial charge in [0.25, 0.3) is 0 Å². The van der Waals surface area contributed by atoms with E-state index in [1.807, 2.05) is 0 Å². The van der Waals surface area contributed by atoms with Crippen LogP contribution < -0.4 is 0 Å². The monoisotopic (exact) mass is 949 g/mol. The van der Waals surface area contributed by atoms with E-state index in [-0.39, 0.29) is 31.1 Å². The first-order valence-electron chi connectivity index (χ1n) is 28.9. The number of hydrogen-bond acceptors (Lipinski definition) is 6. The van der Waals surface area contributed by atoms with Crippen LogP contribution in [-0.4, -0.2) is 37.2 Å². The summed E-state index contributed by atoms with van der Waals surface area (Å²) in [6.45, 7) is 6.45. The van der Waals surface area contributed by atoms with Gasteiger partial charge in [-0.05, 0) is 103 Å². The Morgan fingerprint density at radius 3 is 0.971 bits per heavy atom. The molecule has 0 heterocycles. The summed E-state index contributed by atoms with van der Waals surface area (Å²) in [7, 11) is 0. The van der Waals surface area contributed by atoms with Gasteiger partial charge in [-0.15, -0.1) is 0 Å². The molecule has 0 N–H and O–H groups in total. The average Bonchev–Trinajstić information content (AvgIpc) is 3.34. The van der Waals surface area contributed by atoms with Crippen LogP contribution in [0.5, 0.6) is 0 Å². The van der Waals surface area contributed by atoms with E-state index in [1.54, 1.807) is 0 Å². The Morgan fingerprint density at radius 1 is 0.309 bits per heavy atom. The fraction of sp³-hybridized carbons (Fsp3) is 0.758. The number of carbonyl (C=O) groups excluding carboxylic acids is 3. The van der Waals surface area contributed by atoms with Crippen LogP contribution in [0.2, 0.25) is 0 Å². The first-order chi connectivity index (χ1) is 33.5. The SMILES string of the molecule is CC/C=C\C/C=C\C/C=C\CCCCCCCC(=O)OC(COC(=O)CCCCCCC/C=C\CCC)COC(=O)CCCCCCCCCCCCCCC/C=C\C/C=C\CCCCCCC. The maximum absolute atomic E-state index is 12.8. The van der Waals surface area contributed by atoms with Gasteiger partial charge >= 0.3 is 17.9 Å². The highest BCUT2D eigenvalue weighted by Crippen LogP contribution is 2.16. The Labute approximate surface area is 421 Å². The number of hydrogen-bond donors (Lipinski definition) is 0. The highest BCUT2D eigenvalue weighted by molar-refractivity contribution is 5.71. The van der Waals surface area contributed by atoms with Crippen molar-refractivity contribution in [1.82, 2.24) is 0 Å². The lowest BCUT2D eigenvalue weighted by Gasteiger charge is -2.18. The molecule has 0 radical (unpaired) electrons. The van der Waals surface area contributed by atoms with Gasteiger partial charge in [-0.2, -0.15) is 0 Å². The second-order valence-corrected chi connectivity index (χ2v) is 19.2. The van der Waals surface area contributed by atoms with Gasteiger partial charge in [-0.25, -0.2) is 0 Å². The van der Waals surface area contributed by atoms with Gasteiger partial charge < -0.3 is 14.2 Å². The third kappa shape index (κ3) is 53.8. The molecule has 0 fully saturated rings.